The molecule has 0 radical (unpaired) electrons. The highest BCUT2D eigenvalue weighted by Gasteiger charge is 2.23. The van der Waals surface area contributed by atoms with Gasteiger partial charge in [-0.2, -0.15) is 0 Å². The Bertz CT molecular complexity index is 951. The Balaban J connectivity index is 1.48. The summed E-state index contributed by atoms with van der Waals surface area (Å²) in [6.45, 7) is 4.91. The smallest absolute Gasteiger partial charge is 0.271 e. The summed E-state index contributed by atoms with van der Waals surface area (Å²) < 4.78 is 0.720. The fourth-order valence-electron chi connectivity index (χ4n) is 3.36. The van der Waals surface area contributed by atoms with Gasteiger partial charge in [0.2, 0.25) is 0 Å². The molecule has 1 saturated heterocycles. The lowest BCUT2D eigenvalue weighted by molar-refractivity contribution is 0.0903. The van der Waals surface area contributed by atoms with E-state index < -0.39 is 0 Å². The third-order valence-corrected chi connectivity index (χ3v) is 7.31. The van der Waals surface area contributed by atoms with Gasteiger partial charge in [0.25, 0.3) is 5.91 Å². The van der Waals surface area contributed by atoms with Crippen LogP contribution in [-0.4, -0.2) is 60.5 Å². The summed E-state index contributed by atoms with van der Waals surface area (Å²) in [7, 11) is 2.15. The quantitative estimate of drug-likeness (QED) is 0.615. The topological polar surface area (TPSA) is 48.5 Å². The van der Waals surface area contributed by atoms with Crippen molar-refractivity contribution in [2.24, 2.45) is 0 Å². The van der Waals surface area contributed by atoms with Gasteiger partial charge in [0, 0.05) is 38.1 Å². The number of halogens is 1. The van der Waals surface area contributed by atoms with E-state index in [1.165, 1.54) is 22.7 Å². The molecule has 8 heteroatoms. The lowest BCUT2D eigenvalue weighted by atomic mass is 10.1. The number of benzene rings is 1. The fourth-order valence-corrected chi connectivity index (χ4v) is 5.28. The lowest BCUT2D eigenvalue weighted by Gasteiger charge is -2.35. The molecule has 29 heavy (non-hydrogen) atoms. The van der Waals surface area contributed by atoms with Gasteiger partial charge in [-0.1, -0.05) is 41.9 Å². The summed E-state index contributed by atoms with van der Waals surface area (Å²) in [5, 5.41) is 5.84. The van der Waals surface area contributed by atoms with Crippen LogP contribution >= 0.6 is 34.3 Å². The maximum absolute atomic E-state index is 13.0. The molecule has 3 aromatic rings. The summed E-state index contributed by atoms with van der Waals surface area (Å²) in [6.07, 6.45) is 0. The minimum atomic E-state index is -0.141. The SMILES string of the molecule is CN1CCN(CC(NC(=O)c2csc(-c3ccc(Cl)s3)n2)c2ccccc2)CC1. The first-order chi connectivity index (χ1) is 14.1. The molecular weight excluding hydrogens is 424 g/mol. The van der Waals surface area contributed by atoms with Crippen molar-refractivity contribution in [2.75, 3.05) is 39.8 Å². The van der Waals surface area contributed by atoms with Crippen molar-refractivity contribution < 1.29 is 4.79 Å². The number of piperazine rings is 1. The highest BCUT2D eigenvalue weighted by Crippen LogP contribution is 2.33. The predicted molar refractivity (Wildman–Crippen MR) is 121 cm³/mol. The first-order valence-electron chi connectivity index (χ1n) is 9.56. The molecule has 0 saturated carbocycles. The molecule has 1 aliphatic heterocycles. The van der Waals surface area contributed by atoms with E-state index in [9.17, 15) is 4.79 Å². The number of aromatic nitrogens is 1. The molecule has 1 aromatic carbocycles. The Hall–Kier alpha value is -1.77. The Morgan fingerprint density at radius 3 is 2.62 bits per heavy atom. The first kappa shape index (κ1) is 20.5. The number of hydrogen-bond acceptors (Lipinski definition) is 6. The summed E-state index contributed by atoms with van der Waals surface area (Å²) in [6, 6.07) is 13.9. The molecule has 2 aromatic heterocycles. The van der Waals surface area contributed by atoms with Gasteiger partial charge in [-0.25, -0.2) is 4.98 Å². The van der Waals surface area contributed by atoms with Crippen molar-refractivity contribution in [3.8, 4) is 9.88 Å². The monoisotopic (exact) mass is 446 g/mol. The van der Waals surface area contributed by atoms with Gasteiger partial charge in [0.05, 0.1) is 15.3 Å². The van der Waals surface area contributed by atoms with Crippen LogP contribution in [0.15, 0.2) is 47.8 Å². The average Bonchev–Trinajstić information content (AvgIpc) is 3.39. The van der Waals surface area contributed by atoms with Gasteiger partial charge < -0.3 is 10.2 Å². The van der Waals surface area contributed by atoms with E-state index in [2.05, 4.69) is 39.3 Å². The third kappa shape index (κ3) is 5.24. The summed E-state index contributed by atoms with van der Waals surface area (Å²) in [5.41, 5.74) is 1.56. The molecule has 0 bridgehead atoms. The van der Waals surface area contributed by atoms with Crippen LogP contribution in [0.2, 0.25) is 4.34 Å². The number of carbonyl (C=O) groups excluding carboxylic acids is 1. The van der Waals surface area contributed by atoms with E-state index in [1.807, 2.05) is 35.7 Å². The molecule has 1 aliphatic rings. The Morgan fingerprint density at radius 2 is 1.93 bits per heavy atom. The first-order valence-corrected chi connectivity index (χ1v) is 11.6. The number of nitrogens with zero attached hydrogens (tertiary/aromatic N) is 3. The maximum Gasteiger partial charge on any atom is 0.271 e. The van der Waals surface area contributed by atoms with Gasteiger partial charge in [0.15, 0.2) is 0 Å². The summed E-state index contributed by atoms with van der Waals surface area (Å²) in [4.78, 5) is 23.2. The molecule has 152 valence electrons. The Morgan fingerprint density at radius 1 is 1.17 bits per heavy atom. The standard InChI is InChI=1S/C21H23ClN4OS2/c1-25-9-11-26(12-10-25)13-16(15-5-3-2-4-6-15)23-20(27)17-14-28-21(24-17)18-7-8-19(22)29-18/h2-8,14,16H,9-13H2,1H3,(H,23,27). The largest absolute Gasteiger partial charge is 0.343 e. The second-order valence-corrected chi connectivity index (χ2v) is 9.76. The van der Waals surface area contributed by atoms with Crippen molar-refractivity contribution in [1.82, 2.24) is 20.1 Å². The highest BCUT2D eigenvalue weighted by molar-refractivity contribution is 7.23. The minimum Gasteiger partial charge on any atom is -0.343 e. The minimum absolute atomic E-state index is 0.0755. The zero-order valence-electron chi connectivity index (χ0n) is 16.2. The van der Waals surface area contributed by atoms with E-state index in [0.717, 1.165) is 52.5 Å². The van der Waals surface area contributed by atoms with Gasteiger partial charge in [-0.05, 0) is 24.7 Å². The van der Waals surface area contributed by atoms with Crippen LogP contribution in [-0.2, 0) is 0 Å². The fraction of sp³-hybridized carbons (Fsp3) is 0.333. The number of amides is 1. The molecule has 0 spiro atoms. The highest BCUT2D eigenvalue weighted by atomic mass is 35.5. The number of carbonyl (C=O) groups is 1. The van der Waals surface area contributed by atoms with Crippen LogP contribution in [0.5, 0.6) is 0 Å². The van der Waals surface area contributed by atoms with E-state index >= 15 is 0 Å². The van der Waals surface area contributed by atoms with Crippen LogP contribution < -0.4 is 5.32 Å². The van der Waals surface area contributed by atoms with Crippen LogP contribution in [0.25, 0.3) is 9.88 Å². The molecular formula is C21H23ClN4OS2. The molecule has 0 aliphatic carbocycles. The maximum atomic E-state index is 13.0. The number of thiophene rings is 1. The second-order valence-electron chi connectivity index (χ2n) is 7.18. The average molecular weight is 447 g/mol. The predicted octanol–water partition coefficient (Wildman–Crippen LogP) is 4.24. The van der Waals surface area contributed by atoms with Gasteiger partial charge in [-0.15, -0.1) is 22.7 Å². The van der Waals surface area contributed by atoms with E-state index in [0.29, 0.717) is 5.69 Å². The van der Waals surface area contributed by atoms with Gasteiger partial charge in [-0.3, -0.25) is 9.69 Å². The van der Waals surface area contributed by atoms with Crippen molar-refractivity contribution in [3.63, 3.8) is 0 Å². The Labute approximate surface area is 183 Å². The number of hydrogen-bond donors (Lipinski definition) is 1. The molecule has 1 amide bonds. The Kier molecular flexibility index (Phi) is 6.62. The number of thiazole rings is 1. The van der Waals surface area contributed by atoms with Crippen molar-refractivity contribution in [1.29, 1.82) is 0 Å². The number of rotatable bonds is 6. The van der Waals surface area contributed by atoms with Crippen LogP contribution in [0.3, 0.4) is 0 Å². The molecule has 3 heterocycles. The van der Waals surface area contributed by atoms with Gasteiger partial charge in [0.1, 0.15) is 10.7 Å². The number of nitrogens with one attached hydrogen (secondary N) is 1. The molecule has 1 fully saturated rings. The van der Waals surface area contributed by atoms with Crippen molar-refractivity contribution >= 4 is 40.2 Å². The normalized spacial score (nSPS) is 16.6. The van der Waals surface area contributed by atoms with E-state index in [1.54, 1.807) is 0 Å². The van der Waals surface area contributed by atoms with Crippen molar-refractivity contribution in [3.05, 3.63) is 63.4 Å². The molecule has 1 atom stereocenters. The summed E-state index contributed by atoms with van der Waals surface area (Å²) in [5.74, 6) is -0.141. The van der Waals surface area contributed by atoms with Crippen LogP contribution in [0, 0.1) is 0 Å². The zero-order valence-corrected chi connectivity index (χ0v) is 18.6. The van der Waals surface area contributed by atoms with E-state index in [-0.39, 0.29) is 11.9 Å². The number of likely N-dealkylation sites (N-methyl/N-ethyl adjacent to an activating group) is 1. The lowest BCUT2D eigenvalue weighted by Crippen LogP contribution is -2.47. The van der Waals surface area contributed by atoms with Crippen LogP contribution in [0.4, 0.5) is 0 Å². The molecule has 5 nitrogen and oxygen atoms in total. The third-order valence-electron chi connectivity index (χ3n) is 5.06. The zero-order chi connectivity index (χ0) is 20.2. The molecule has 4 rings (SSSR count). The van der Waals surface area contributed by atoms with E-state index in [4.69, 9.17) is 11.6 Å². The van der Waals surface area contributed by atoms with Crippen LogP contribution in [0.1, 0.15) is 22.1 Å². The molecule has 1 N–H and O–H groups in total. The molecule has 1 unspecified atom stereocenters. The van der Waals surface area contributed by atoms with Crippen molar-refractivity contribution in [2.45, 2.75) is 6.04 Å². The van der Waals surface area contributed by atoms with Gasteiger partial charge >= 0.3 is 0 Å². The summed E-state index contributed by atoms with van der Waals surface area (Å²) >= 11 is 8.96. The second kappa shape index (κ2) is 9.36.